The molecular weight excluding hydrogens is 245 g/mol. The largest absolute Gasteiger partial charge is 0.492 e. The molecule has 1 heterocycles. The van der Waals surface area contributed by atoms with Gasteiger partial charge in [-0.15, -0.1) is 12.4 Å². The summed E-state index contributed by atoms with van der Waals surface area (Å²) in [5.41, 5.74) is 6.81. The zero-order chi connectivity index (χ0) is 11.5. The summed E-state index contributed by atoms with van der Waals surface area (Å²) >= 11 is 0. The van der Waals surface area contributed by atoms with Crippen molar-refractivity contribution in [2.75, 3.05) is 43.9 Å². The van der Waals surface area contributed by atoms with E-state index in [0.717, 1.165) is 31.9 Å². The number of hydrogen-bond donors (Lipinski definition) is 2. The van der Waals surface area contributed by atoms with Gasteiger partial charge in [-0.3, -0.25) is 0 Å². The zero-order valence-corrected chi connectivity index (χ0v) is 10.5. The maximum Gasteiger partial charge on any atom is 0.177 e. The van der Waals surface area contributed by atoms with Crippen LogP contribution in [0.2, 0.25) is 0 Å². The van der Waals surface area contributed by atoms with E-state index in [2.05, 4.69) is 10.2 Å². The lowest BCUT2D eigenvalue weighted by molar-refractivity contribution is 0.385. The number of rotatable bonds is 2. The molecule has 3 N–H and O–H groups in total. The Morgan fingerprint density at radius 1 is 1.35 bits per heavy atom. The molecule has 1 fully saturated rings. The van der Waals surface area contributed by atoms with Crippen molar-refractivity contribution in [3.05, 3.63) is 17.9 Å². The molecule has 0 saturated carbocycles. The van der Waals surface area contributed by atoms with Gasteiger partial charge >= 0.3 is 0 Å². The molecule has 0 atom stereocenters. The minimum Gasteiger partial charge on any atom is -0.492 e. The van der Waals surface area contributed by atoms with Crippen molar-refractivity contribution in [1.82, 2.24) is 5.32 Å². The minimum atomic E-state index is -0.406. The molecule has 6 heteroatoms. The minimum absolute atomic E-state index is 0. The van der Waals surface area contributed by atoms with E-state index in [0.29, 0.717) is 5.69 Å². The first kappa shape index (κ1) is 13.9. The molecule has 0 radical (unpaired) electrons. The van der Waals surface area contributed by atoms with Gasteiger partial charge in [-0.2, -0.15) is 0 Å². The quantitative estimate of drug-likeness (QED) is 0.787. The van der Waals surface area contributed by atoms with Gasteiger partial charge in [0.2, 0.25) is 0 Å². The van der Waals surface area contributed by atoms with Crippen LogP contribution in [0, 0.1) is 5.82 Å². The molecule has 17 heavy (non-hydrogen) atoms. The monoisotopic (exact) mass is 261 g/mol. The lowest BCUT2D eigenvalue weighted by atomic mass is 10.2. The summed E-state index contributed by atoms with van der Waals surface area (Å²) in [6, 6.07) is 3.04. The van der Waals surface area contributed by atoms with Gasteiger partial charge in [-0.05, 0) is 6.07 Å². The number of nitrogens with two attached hydrogens (primary N) is 1. The van der Waals surface area contributed by atoms with Crippen LogP contribution in [0.3, 0.4) is 0 Å². The normalized spacial score (nSPS) is 15.3. The van der Waals surface area contributed by atoms with Crippen LogP contribution in [-0.2, 0) is 0 Å². The average Bonchev–Trinajstić information content (AvgIpc) is 2.29. The van der Waals surface area contributed by atoms with Crippen molar-refractivity contribution in [2.45, 2.75) is 0 Å². The highest BCUT2D eigenvalue weighted by atomic mass is 35.5. The smallest absolute Gasteiger partial charge is 0.177 e. The number of nitrogens with one attached hydrogen (secondary N) is 1. The van der Waals surface area contributed by atoms with E-state index < -0.39 is 5.82 Å². The Morgan fingerprint density at radius 3 is 2.59 bits per heavy atom. The number of anilines is 2. The maximum atomic E-state index is 13.6. The maximum absolute atomic E-state index is 13.6. The van der Waals surface area contributed by atoms with Gasteiger partial charge in [0.1, 0.15) is 0 Å². The Kier molecular flexibility index (Phi) is 4.84. The summed E-state index contributed by atoms with van der Waals surface area (Å²) in [5.74, 6) is -0.132. The number of piperazine rings is 1. The molecule has 0 amide bonds. The summed E-state index contributed by atoms with van der Waals surface area (Å²) < 4.78 is 18.7. The van der Waals surface area contributed by atoms with E-state index in [4.69, 9.17) is 10.5 Å². The van der Waals surface area contributed by atoms with Gasteiger partial charge in [-0.1, -0.05) is 0 Å². The SMILES string of the molecule is COc1c(F)cc(N)cc1N1CCNCC1.Cl. The van der Waals surface area contributed by atoms with Crippen LogP contribution in [0.15, 0.2) is 12.1 Å². The van der Waals surface area contributed by atoms with Crippen molar-refractivity contribution in [1.29, 1.82) is 0 Å². The zero-order valence-electron chi connectivity index (χ0n) is 9.70. The van der Waals surface area contributed by atoms with Crippen molar-refractivity contribution in [3.63, 3.8) is 0 Å². The topological polar surface area (TPSA) is 50.5 Å². The Labute approximate surface area is 106 Å². The Morgan fingerprint density at radius 2 is 2.00 bits per heavy atom. The number of hydrogen-bond acceptors (Lipinski definition) is 4. The van der Waals surface area contributed by atoms with Gasteiger partial charge in [-0.25, -0.2) is 4.39 Å². The predicted molar refractivity (Wildman–Crippen MR) is 69.7 cm³/mol. The first-order valence-corrected chi connectivity index (χ1v) is 5.31. The summed E-state index contributed by atoms with van der Waals surface area (Å²) in [7, 11) is 1.47. The van der Waals surface area contributed by atoms with Crippen LogP contribution in [-0.4, -0.2) is 33.3 Å². The Balaban J connectivity index is 0.00000144. The molecule has 1 aliphatic heterocycles. The van der Waals surface area contributed by atoms with Crippen LogP contribution >= 0.6 is 12.4 Å². The van der Waals surface area contributed by atoms with Gasteiger partial charge in [0, 0.05) is 37.9 Å². The highest BCUT2D eigenvalue weighted by Crippen LogP contribution is 2.33. The van der Waals surface area contributed by atoms with Gasteiger partial charge in [0.05, 0.1) is 12.8 Å². The fourth-order valence-corrected chi connectivity index (χ4v) is 1.94. The number of nitrogens with zero attached hydrogens (tertiary/aromatic N) is 1. The van der Waals surface area contributed by atoms with Crippen LogP contribution in [0.5, 0.6) is 5.75 Å². The molecular formula is C11H17ClFN3O. The Hall–Kier alpha value is -1.20. The van der Waals surface area contributed by atoms with Gasteiger partial charge in [0.25, 0.3) is 0 Å². The average molecular weight is 262 g/mol. The van der Waals surface area contributed by atoms with E-state index in [-0.39, 0.29) is 18.2 Å². The molecule has 0 bridgehead atoms. The fourth-order valence-electron chi connectivity index (χ4n) is 1.94. The molecule has 96 valence electrons. The van der Waals surface area contributed by atoms with Gasteiger partial charge in [0.15, 0.2) is 11.6 Å². The van der Waals surface area contributed by atoms with Crippen LogP contribution in [0.4, 0.5) is 15.8 Å². The third kappa shape index (κ3) is 2.92. The van der Waals surface area contributed by atoms with E-state index >= 15 is 0 Å². The lowest BCUT2D eigenvalue weighted by Crippen LogP contribution is -2.43. The molecule has 1 aromatic carbocycles. The third-order valence-corrected chi connectivity index (χ3v) is 2.71. The number of ether oxygens (including phenoxy) is 1. The standard InChI is InChI=1S/C11H16FN3O.ClH/c1-16-11-9(12)6-8(13)7-10(11)15-4-2-14-3-5-15;/h6-7,14H,2-5,13H2,1H3;1H. The summed E-state index contributed by atoms with van der Waals surface area (Å²) in [4.78, 5) is 2.08. The van der Waals surface area contributed by atoms with E-state index in [1.165, 1.54) is 13.2 Å². The molecule has 0 spiro atoms. The highest BCUT2D eigenvalue weighted by molar-refractivity contribution is 5.85. The second-order valence-corrected chi connectivity index (χ2v) is 3.79. The van der Waals surface area contributed by atoms with Crippen molar-refractivity contribution >= 4 is 23.8 Å². The number of methoxy groups -OCH3 is 1. The van der Waals surface area contributed by atoms with E-state index in [1.54, 1.807) is 6.07 Å². The lowest BCUT2D eigenvalue weighted by Gasteiger charge is -2.30. The van der Waals surface area contributed by atoms with Crippen molar-refractivity contribution in [3.8, 4) is 5.75 Å². The van der Waals surface area contributed by atoms with E-state index in [1.807, 2.05) is 0 Å². The summed E-state index contributed by atoms with van der Waals surface area (Å²) in [5, 5.41) is 3.24. The third-order valence-electron chi connectivity index (χ3n) is 2.71. The van der Waals surface area contributed by atoms with E-state index in [9.17, 15) is 4.39 Å². The molecule has 0 aromatic heterocycles. The fraction of sp³-hybridized carbons (Fsp3) is 0.455. The van der Waals surface area contributed by atoms with Crippen LogP contribution in [0.25, 0.3) is 0 Å². The second kappa shape index (κ2) is 5.93. The predicted octanol–water partition coefficient (Wildman–Crippen LogP) is 1.25. The van der Waals surface area contributed by atoms with Crippen LogP contribution in [0.1, 0.15) is 0 Å². The molecule has 2 rings (SSSR count). The van der Waals surface area contributed by atoms with Gasteiger partial charge < -0.3 is 20.7 Å². The molecule has 1 saturated heterocycles. The van der Waals surface area contributed by atoms with Crippen LogP contribution < -0.4 is 20.7 Å². The van der Waals surface area contributed by atoms with Crippen molar-refractivity contribution in [2.24, 2.45) is 0 Å². The Bertz CT molecular complexity index is 383. The number of benzene rings is 1. The second-order valence-electron chi connectivity index (χ2n) is 3.79. The highest BCUT2D eigenvalue weighted by Gasteiger charge is 2.18. The molecule has 1 aliphatic rings. The van der Waals surface area contributed by atoms with Crippen molar-refractivity contribution < 1.29 is 9.13 Å². The number of nitrogen functional groups attached to an aromatic ring is 1. The molecule has 1 aromatic rings. The first-order chi connectivity index (χ1) is 7.72. The summed E-state index contributed by atoms with van der Waals surface area (Å²) in [6.07, 6.45) is 0. The molecule has 0 unspecified atom stereocenters. The first-order valence-electron chi connectivity index (χ1n) is 5.31. The molecule has 0 aliphatic carbocycles. The summed E-state index contributed by atoms with van der Waals surface area (Å²) in [6.45, 7) is 3.44. The molecule has 4 nitrogen and oxygen atoms in total. The number of halogens is 2.